The Morgan fingerprint density at radius 3 is 3.00 bits per heavy atom. The van der Waals surface area contributed by atoms with Gasteiger partial charge < -0.3 is 15.4 Å². The molecule has 2 rings (SSSR count). The van der Waals surface area contributed by atoms with Gasteiger partial charge in [0.2, 0.25) is 5.91 Å². The molecule has 0 radical (unpaired) electrons. The van der Waals surface area contributed by atoms with Crippen molar-refractivity contribution in [3.8, 4) is 5.75 Å². The van der Waals surface area contributed by atoms with Crippen LogP contribution in [0.2, 0.25) is 5.02 Å². The van der Waals surface area contributed by atoms with Gasteiger partial charge in [0, 0.05) is 17.1 Å². The Bertz CT molecular complexity index is 463. The number of benzene rings is 1. The van der Waals surface area contributed by atoms with Gasteiger partial charge in [-0.2, -0.15) is 0 Å². The van der Waals surface area contributed by atoms with Crippen LogP contribution in [0.3, 0.4) is 0 Å². The first-order chi connectivity index (χ1) is 9.69. The van der Waals surface area contributed by atoms with Crippen molar-refractivity contribution in [3.05, 3.63) is 28.8 Å². The number of carbonyl (C=O) groups is 1. The minimum atomic E-state index is 0. The van der Waals surface area contributed by atoms with Gasteiger partial charge in [0.15, 0.2) is 0 Å². The third-order valence-corrected chi connectivity index (χ3v) is 3.87. The monoisotopic (exact) mass is 332 g/mol. The van der Waals surface area contributed by atoms with E-state index in [2.05, 4.69) is 10.6 Å². The van der Waals surface area contributed by atoms with Gasteiger partial charge in [-0.25, -0.2) is 0 Å². The Hall–Kier alpha value is -0.970. The van der Waals surface area contributed by atoms with Crippen LogP contribution in [-0.2, 0) is 11.2 Å². The Labute approximate surface area is 137 Å². The van der Waals surface area contributed by atoms with E-state index in [1.165, 1.54) is 6.42 Å². The fourth-order valence-corrected chi connectivity index (χ4v) is 2.69. The van der Waals surface area contributed by atoms with Crippen LogP contribution < -0.4 is 15.4 Å². The minimum absolute atomic E-state index is 0. The molecule has 0 bridgehead atoms. The average Bonchev–Trinajstić information content (AvgIpc) is 2.92. The lowest BCUT2D eigenvalue weighted by atomic mass is 10.1. The summed E-state index contributed by atoms with van der Waals surface area (Å²) in [7, 11) is 1.59. The minimum Gasteiger partial charge on any atom is -0.496 e. The number of amides is 1. The Morgan fingerprint density at radius 1 is 1.52 bits per heavy atom. The van der Waals surface area contributed by atoms with E-state index in [4.69, 9.17) is 16.3 Å². The largest absolute Gasteiger partial charge is 0.496 e. The van der Waals surface area contributed by atoms with Crippen molar-refractivity contribution in [1.82, 2.24) is 10.6 Å². The van der Waals surface area contributed by atoms with E-state index in [1.807, 2.05) is 0 Å². The third kappa shape index (κ3) is 5.73. The molecule has 6 heteroatoms. The predicted octanol–water partition coefficient (Wildman–Crippen LogP) is 2.43. The molecule has 1 aliphatic heterocycles. The van der Waals surface area contributed by atoms with Crippen LogP contribution in [0.5, 0.6) is 5.75 Å². The molecule has 1 aromatic carbocycles. The van der Waals surface area contributed by atoms with Gasteiger partial charge in [-0.15, -0.1) is 12.4 Å². The summed E-state index contributed by atoms with van der Waals surface area (Å²) in [5, 5.41) is 6.91. The molecule has 4 nitrogen and oxygen atoms in total. The van der Waals surface area contributed by atoms with Crippen molar-refractivity contribution in [3.63, 3.8) is 0 Å². The maximum Gasteiger partial charge on any atom is 0.224 e. The van der Waals surface area contributed by atoms with Crippen molar-refractivity contribution in [2.75, 3.05) is 26.7 Å². The standard InChI is InChI=1S/C15H21ClN2O2.ClH/c1-20-14-3-2-13(16)8-12(14)9-15(19)18-7-5-11-4-6-17-10-11;/h2-3,8,11,17H,4-7,9-10H2,1H3,(H,18,19);1H. The number of halogens is 2. The van der Waals surface area contributed by atoms with Crippen LogP contribution in [0.4, 0.5) is 0 Å². The maximum absolute atomic E-state index is 11.9. The highest BCUT2D eigenvalue weighted by molar-refractivity contribution is 6.30. The summed E-state index contributed by atoms with van der Waals surface area (Å²) >= 11 is 5.95. The van der Waals surface area contributed by atoms with Crippen LogP contribution in [0.15, 0.2) is 18.2 Å². The van der Waals surface area contributed by atoms with Crippen molar-refractivity contribution >= 4 is 29.9 Å². The first-order valence-electron chi connectivity index (χ1n) is 6.99. The van der Waals surface area contributed by atoms with Crippen molar-refractivity contribution in [2.45, 2.75) is 19.3 Å². The number of methoxy groups -OCH3 is 1. The SMILES string of the molecule is COc1ccc(Cl)cc1CC(=O)NCCC1CCNC1.Cl. The smallest absolute Gasteiger partial charge is 0.224 e. The highest BCUT2D eigenvalue weighted by Gasteiger charge is 2.14. The van der Waals surface area contributed by atoms with E-state index >= 15 is 0 Å². The second-order valence-electron chi connectivity index (χ2n) is 5.13. The number of nitrogens with one attached hydrogen (secondary N) is 2. The number of hydrogen-bond acceptors (Lipinski definition) is 3. The van der Waals surface area contributed by atoms with Crippen molar-refractivity contribution < 1.29 is 9.53 Å². The molecule has 1 fully saturated rings. The number of hydrogen-bond donors (Lipinski definition) is 2. The summed E-state index contributed by atoms with van der Waals surface area (Å²) < 4.78 is 5.24. The summed E-state index contributed by atoms with van der Waals surface area (Å²) in [5.74, 6) is 1.40. The summed E-state index contributed by atoms with van der Waals surface area (Å²) in [6, 6.07) is 5.32. The second-order valence-corrected chi connectivity index (χ2v) is 5.57. The fourth-order valence-electron chi connectivity index (χ4n) is 2.50. The summed E-state index contributed by atoms with van der Waals surface area (Å²) in [5.41, 5.74) is 0.819. The van der Waals surface area contributed by atoms with Crippen molar-refractivity contribution in [1.29, 1.82) is 0 Å². The van der Waals surface area contributed by atoms with E-state index in [0.717, 1.165) is 31.6 Å². The van der Waals surface area contributed by atoms with E-state index in [0.29, 0.717) is 23.1 Å². The molecule has 1 atom stereocenters. The highest BCUT2D eigenvalue weighted by Crippen LogP contribution is 2.23. The summed E-state index contributed by atoms with van der Waals surface area (Å²) in [6.07, 6.45) is 2.54. The fraction of sp³-hybridized carbons (Fsp3) is 0.533. The average molecular weight is 333 g/mol. The molecule has 0 aliphatic carbocycles. The van der Waals surface area contributed by atoms with Gasteiger partial charge in [0.05, 0.1) is 13.5 Å². The summed E-state index contributed by atoms with van der Waals surface area (Å²) in [6.45, 7) is 2.89. The van der Waals surface area contributed by atoms with E-state index < -0.39 is 0 Å². The molecule has 0 aromatic heterocycles. The maximum atomic E-state index is 11.9. The molecule has 1 unspecified atom stereocenters. The normalized spacial score (nSPS) is 17.1. The third-order valence-electron chi connectivity index (χ3n) is 3.63. The molecule has 1 saturated heterocycles. The molecule has 0 spiro atoms. The number of rotatable bonds is 6. The second kappa shape index (κ2) is 9.13. The summed E-state index contributed by atoms with van der Waals surface area (Å²) in [4.78, 5) is 11.9. The number of carbonyl (C=O) groups excluding carboxylic acids is 1. The number of ether oxygens (including phenoxy) is 1. The lowest BCUT2D eigenvalue weighted by molar-refractivity contribution is -0.120. The van der Waals surface area contributed by atoms with Crippen LogP contribution >= 0.6 is 24.0 Å². The molecule has 1 heterocycles. The molecule has 21 heavy (non-hydrogen) atoms. The lowest BCUT2D eigenvalue weighted by Crippen LogP contribution is -2.28. The zero-order valence-corrected chi connectivity index (χ0v) is 13.7. The lowest BCUT2D eigenvalue weighted by Gasteiger charge is -2.11. The van der Waals surface area contributed by atoms with E-state index in [9.17, 15) is 4.79 Å². The van der Waals surface area contributed by atoms with Crippen LogP contribution in [0.1, 0.15) is 18.4 Å². The van der Waals surface area contributed by atoms with Crippen LogP contribution in [0.25, 0.3) is 0 Å². The van der Waals surface area contributed by atoms with Crippen LogP contribution in [0, 0.1) is 5.92 Å². The first-order valence-corrected chi connectivity index (χ1v) is 7.36. The first kappa shape index (κ1) is 18.1. The molecular weight excluding hydrogens is 311 g/mol. The van der Waals surface area contributed by atoms with Gasteiger partial charge >= 0.3 is 0 Å². The quantitative estimate of drug-likeness (QED) is 0.841. The van der Waals surface area contributed by atoms with E-state index in [1.54, 1.807) is 25.3 Å². The molecule has 118 valence electrons. The molecule has 1 aromatic rings. The Balaban J connectivity index is 0.00000220. The molecule has 1 amide bonds. The van der Waals surface area contributed by atoms with Crippen LogP contribution in [-0.4, -0.2) is 32.7 Å². The van der Waals surface area contributed by atoms with Gasteiger partial charge in [-0.1, -0.05) is 11.6 Å². The topological polar surface area (TPSA) is 50.4 Å². The Morgan fingerprint density at radius 2 is 2.33 bits per heavy atom. The zero-order chi connectivity index (χ0) is 14.4. The Kier molecular flexibility index (Phi) is 7.86. The van der Waals surface area contributed by atoms with Gasteiger partial charge in [0.1, 0.15) is 5.75 Å². The molecule has 2 N–H and O–H groups in total. The van der Waals surface area contributed by atoms with Gasteiger partial charge in [-0.05, 0) is 50.0 Å². The predicted molar refractivity (Wildman–Crippen MR) is 87.6 cm³/mol. The van der Waals surface area contributed by atoms with Gasteiger partial charge in [-0.3, -0.25) is 4.79 Å². The van der Waals surface area contributed by atoms with Crippen molar-refractivity contribution in [2.24, 2.45) is 5.92 Å². The molecule has 0 saturated carbocycles. The molecule has 1 aliphatic rings. The van der Waals surface area contributed by atoms with Gasteiger partial charge in [0.25, 0.3) is 0 Å². The zero-order valence-electron chi connectivity index (χ0n) is 12.2. The highest BCUT2D eigenvalue weighted by atomic mass is 35.5. The van der Waals surface area contributed by atoms with E-state index in [-0.39, 0.29) is 18.3 Å². The molecular formula is C15H22Cl2N2O2.